The van der Waals surface area contributed by atoms with Crippen LogP contribution in [0.4, 0.5) is 10.5 Å². The average molecular weight is 489 g/mol. The van der Waals surface area contributed by atoms with Crippen molar-refractivity contribution in [3.8, 4) is 5.75 Å². The van der Waals surface area contributed by atoms with Gasteiger partial charge < -0.3 is 29.9 Å². The summed E-state index contributed by atoms with van der Waals surface area (Å²) < 4.78 is 11.8. The van der Waals surface area contributed by atoms with Crippen LogP contribution in [0.5, 0.6) is 5.75 Å². The Labute approximate surface area is 208 Å². The quantitative estimate of drug-likeness (QED) is 0.677. The summed E-state index contributed by atoms with van der Waals surface area (Å²) in [5.74, 6) is 0.208. The number of hydrogen-bond donors (Lipinski definition) is 2. The number of rotatable bonds is 4. The Morgan fingerprint density at radius 1 is 1.17 bits per heavy atom. The molecule has 9 nitrogen and oxygen atoms in total. The van der Waals surface area contributed by atoms with Gasteiger partial charge in [0.05, 0.1) is 17.7 Å². The Morgan fingerprint density at radius 3 is 2.49 bits per heavy atom. The summed E-state index contributed by atoms with van der Waals surface area (Å²) in [5.41, 5.74) is 0.938. The van der Waals surface area contributed by atoms with Crippen LogP contribution in [-0.4, -0.2) is 79.7 Å². The number of amides is 4. The van der Waals surface area contributed by atoms with Gasteiger partial charge in [-0.05, 0) is 51.8 Å². The molecule has 1 aromatic carbocycles. The largest absolute Gasteiger partial charge is 0.491 e. The predicted octanol–water partition coefficient (Wildman–Crippen LogP) is 3.35. The lowest BCUT2D eigenvalue weighted by atomic mass is 9.85. The molecule has 1 heterocycles. The standard InChI is InChI=1S/C26H40N4O5/c1-16(2)27-26(33)30-13-17(3)23(34-6)14-29(5)25(32)21-12-20(28-24(31)19-8-7-9-19)10-11-22(21)35-15-18(30)4/h10-12,16-19,23H,7-9,13-15H2,1-6H3,(H,27,33)(H,28,31)/t17-,18+,23-/m1/s1. The molecule has 1 aliphatic heterocycles. The third kappa shape index (κ3) is 6.66. The first-order chi connectivity index (χ1) is 16.6. The number of anilines is 1. The zero-order valence-corrected chi connectivity index (χ0v) is 21.8. The summed E-state index contributed by atoms with van der Waals surface area (Å²) in [7, 11) is 3.35. The SMILES string of the molecule is CO[C@@H]1CN(C)C(=O)c2cc(NC(=O)C3CCC3)ccc2OC[C@H](C)N(C(=O)NC(C)C)C[C@H]1C. The van der Waals surface area contributed by atoms with E-state index < -0.39 is 0 Å². The van der Waals surface area contributed by atoms with Gasteiger partial charge in [0, 0.05) is 50.8 Å². The Balaban J connectivity index is 1.91. The lowest BCUT2D eigenvalue weighted by Gasteiger charge is -2.36. The highest BCUT2D eigenvalue weighted by molar-refractivity contribution is 6.00. The molecule has 1 aromatic rings. The minimum Gasteiger partial charge on any atom is -0.491 e. The van der Waals surface area contributed by atoms with Gasteiger partial charge in [0.15, 0.2) is 0 Å². The molecule has 3 rings (SSSR count). The number of fused-ring (bicyclic) bond motifs is 1. The maximum Gasteiger partial charge on any atom is 0.317 e. The molecule has 1 aliphatic carbocycles. The smallest absolute Gasteiger partial charge is 0.317 e. The molecule has 2 aliphatic rings. The molecule has 3 atom stereocenters. The van der Waals surface area contributed by atoms with Crippen molar-refractivity contribution >= 4 is 23.5 Å². The number of ether oxygens (including phenoxy) is 2. The van der Waals surface area contributed by atoms with Gasteiger partial charge in [-0.2, -0.15) is 0 Å². The fourth-order valence-electron chi connectivity index (χ4n) is 4.38. The maximum atomic E-state index is 13.4. The number of nitrogens with one attached hydrogen (secondary N) is 2. The van der Waals surface area contributed by atoms with E-state index in [0.29, 0.717) is 30.1 Å². The van der Waals surface area contributed by atoms with Crippen molar-refractivity contribution in [3.63, 3.8) is 0 Å². The number of hydrogen-bond acceptors (Lipinski definition) is 5. The van der Waals surface area contributed by atoms with Crippen LogP contribution in [0.15, 0.2) is 18.2 Å². The maximum absolute atomic E-state index is 13.4. The normalized spacial score (nSPS) is 24.0. The fourth-order valence-corrected chi connectivity index (χ4v) is 4.38. The van der Waals surface area contributed by atoms with E-state index in [9.17, 15) is 14.4 Å². The van der Waals surface area contributed by atoms with E-state index in [4.69, 9.17) is 9.47 Å². The van der Waals surface area contributed by atoms with E-state index in [1.807, 2.05) is 27.7 Å². The molecule has 0 bridgehead atoms. The van der Waals surface area contributed by atoms with Crippen molar-refractivity contribution in [1.29, 1.82) is 0 Å². The van der Waals surface area contributed by atoms with Crippen molar-refractivity contribution in [1.82, 2.24) is 15.1 Å². The predicted molar refractivity (Wildman–Crippen MR) is 135 cm³/mol. The molecule has 0 unspecified atom stereocenters. The highest BCUT2D eigenvalue weighted by Gasteiger charge is 2.31. The highest BCUT2D eigenvalue weighted by Crippen LogP contribution is 2.30. The van der Waals surface area contributed by atoms with E-state index in [2.05, 4.69) is 10.6 Å². The van der Waals surface area contributed by atoms with Gasteiger partial charge in [-0.3, -0.25) is 9.59 Å². The van der Waals surface area contributed by atoms with Gasteiger partial charge in [0.1, 0.15) is 12.4 Å². The molecule has 2 N–H and O–H groups in total. The van der Waals surface area contributed by atoms with Gasteiger partial charge in [-0.15, -0.1) is 0 Å². The number of methoxy groups -OCH3 is 1. The minimum absolute atomic E-state index is 0.00331. The topological polar surface area (TPSA) is 100 Å². The van der Waals surface area contributed by atoms with Crippen LogP contribution in [0.1, 0.15) is 57.3 Å². The summed E-state index contributed by atoms with van der Waals surface area (Å²) in [6.07, 6.45) is 2.60. The fraction of sp³-hybridized carbons (Fsp3) is 0.654. The van der Waals surface area contributed by atoms with Crippen molar-refractivity contribution in [2.24, 2.45) is 11.8 Å². The third-order valence-electron chi connectivity index (χ3n) is 6.86. The van der Waals surface area contributed by atoms with Crippen LogP contribution < -0.4 is 15.4 Å². The Hall–Kier alpha value is -2.81. The van der Waals surface area contributed by atoms with Gasteiger partial charge >= 0.3 is 6.03 Å². The molecule has 4 amide bonds. The number of likely N-dealkylation sites (N-methyl/N-ethyl adjacent to an activating group) is 1. The second kappa shape index (κ2) is 11.7. The van der Waals surface area contributed by atoms with E-state index in [-0.39, 0.29) is 54.5 Å². The van der Waals surface area contributed by atoms with Crippen LogP contribution in [0.2, 0.25) is 0 Å². The van der Waals surface area contributed by atoms with E-state index in [1.165, 1.54) is 0 Å². The van der Waals surface area contributed by atoms with E-state index in [0.717, 1.165) is 19.3 Å². The van der Waals surface area contributed by atoms with E-state index >= 15 is 0 Å². The summed E-state index contributed by atoms with van der Waals surface area (Å²) in [6, 6.07) is 4.74. The highest BCUT2D eigenvalue weighted by atomic mass is 16.5. The number of nitrogens with zero attached hydrogens (tertiary/aromatic N) is 2. The summed E-state index contributed by atoms with van der Waals surface area (Å²) in [6.45, 7) is 8.83. The Bertz CT molecular complexity index is 917. The first kappa shape index (κ1) is 26.8. The molecule has 0 radical (unpaired) electrons. The monoisotopic (exact) mass is 488 g/mol. The second-order valence-corrected chi connectivity index (χ2v) is 10.2. The van der Waals surface area contributed by atoms with Gasteiger partial charge in [-0.1, -0.05) is 13.3 Å². The van der Waals surface area contributed by atoms with Crippen LogP contribution in [-0.2, 0) is 9.53 Å². The molecule has 0 aromatic heterocycles. The summed E-state index contributed by atoms with van der Waals surface area (Å²) >= 11 is 0. The van der Waals surface area contributed by atoms with E-state index in [1.54, 1.807) is 42.2 Å². The Morgan fingerprint density at radius 2 is 1.89 bits per heavy atom. The summed E-state index contributed by atoms with van der Waals surface area (Å²) in [5, 5.41) is 5.91. The minimum atomic E-state index is -0.268. The molecule has 0 saturated heterocycles. The third-order valence-corrected chi connectivity index (χ3v) is 6.86. The molecule has 35 heavy (non-hydrogen) atoms. The van der Waals surface area contributed by atoms with Crippen molar-refractivity contribution < 1.29 is 23.9 Å². The lowest BCUT2D eigenvalue weighted by Crippen LogP contribution is -2.52. The van der Waals surface area contributed by atoms with Crippen LogP contribution in [0.25, 0.3) is 0 Å². The second-order valence-electron chi connectivity index (χ2n) is 10.2. The van der Waals surface area contributed by atoms with Gasteiger partial charge in [0.25, 0.3) is 5.91 Å². The lowest BCUT2D eigenvalue weighted by molar-refractivity contribution is -0.122. The van der Waals surface area contributed by atoms with Crippen LogP contribution in [0, 0.1) is 11.8 Å². The molecular formula is C26H40N4O5. The first-order valence-electron chi connectivity index (χ1n) is 12.5. The van der Waals surface area contributed by atoms with Gasteiger partial charge in [0.2, 0.25) is 5.91 Å². The molecule has 9 heteroatoms. The molecule has 0 spiro atoms. The summed E-state index contributed by atoms with van der Waals surface area (Å²) in [4.78, 5) is 42.3. The molecule has 1 saturated carbocycles. The molecule has 194 valence electrons. The molecular weight excluding hydrogens is 448 g/mol. The molecule has 1 fully saturated rings. The first-order valence-corrected chi connectivity index (χ1v) is 12.5. The van der Waals surface area contributed by atoms with Crippen LogP contribution >= 0.6 is 0 Å². The van der Waals surface area contributed by atoms with Crippen molar-refractivity contribution in [2.45, 2.75) is 65.1 Å². The van der Waals surface area contributed by atoms with Gasteiger partial charge in [-0.25, -0.2) is 4.79 Å². The number of benzene rings is 1. The van der Waals surface area contributed by atoms with Crippen LogP contribution in [0.3, 0.4) is 0 Å². The zero-order valence-electron chi connectivity index (χ0n) is 21.8. The zero-order chi connectivity index (χ0) is 25.7. The van der Waals surface area contributed by atoms with Crippen molar-refractivity contribution in [2.75, 3.05) is 39.2 Å². The number of carbonyl (C=O) groups excluding carboxylic acids is 3. The average Bonchev–Trinajstić information content (AvgIpc) is 2.76. The number of carbonyl (C=O) groups is 3. The number of urea groups is 1. The van der Waals surface area contributed by atoms with Crippen molar-refractivity contribution in [3.05, 3.63) is 23.8 Å². The Kier molecular flexibility index (Phi) is 8.99.